The average Bonchev–Trinajstić information content (AvgIpc) is 2.96. The molecule has 1 aromatic heterocycles. The molecular weight excluding hydrogens is 274 g/mol. The molecule has 2 aliphatic rings. The van der Waals surface area contributed by atoms with Crippen LogP contribution in [0.1, 0.15) is 43.2 Å². The van der Waals surface area contributed by atoms with Gasteiger partial charge in [-0.3, -0.25) is 9.59 Å². The van der Waals surface area contributed by atoms with E-state index in [0.717, 1.165) is 30.8 Å². The van der Waals surface area contributed by atoms with Crippen LogP contribution in [0.25, 0.3) is 0 Å². The van der Waals surface area contributed by atoms with Crippen LogP contribution in [0.3, 0.4) is 0 Å². The number of amides is 2. The van der Waals surface area contributed by atoms with Crippen LogP contribution in [0.5, 0.6) is 0 Å². The minimum Gasteiger partial charge on any atom is -0.347 e. The predicted molar refractivity (Wildman–Crippen MR) is 76.2 cm³/mol. The van der Waals surface area contributed by atoms with Crippen LogP contribution < -0.4 is 5.32 Å². The average molecular weight is 293 g/mol. The fourth-order valence-corrected chi connectivity index (χ4v) is 3.40. The zero-order valence-corrected chi connectivity index (χ0v) is 12.2. The predicted octanol–water partition coefficient (Wildman–Crippen LogP) is 1.72. The molecule has 108 valence electrons. The van der Waals surface area contributed by atoms with Crippen molar-refractivity contribution in [2.75, 3.05) is 13.1 Å². The first kappa shape index (κ1) is 13.5. The Kier molecular flexibility index (Phi) is 4.00. The van der Waals surface area contributed by atoms with Crippen molar-refractivity contribution in [2.45, 2.75) is 38.1 Å². The summed E-state index contributed by atoms with van der Waals surface area (Å²) in [5.41, 5.74) is 0. The van der Waals surface area contributed by atoms with Crippen molar-refractivity contribution < 1.29 is 9.59 Å². The monoisotopic (exact) mass is 293 g/mol. The molecule has 1 saturated heterocycles. The second-order valence-electron chi connectivity index (χ2n) is 5.49. The molecule has 2 fully saturated rings. The first-order chi connectivity index (χ1) is 9.74. The third-order valence-corrected chi connectivity index (χ3v) is 4.77. The second kappa shape index (κ2) is 5.91. The number of hydrogen-bond acceptors (Lipinski definition) is 4. The first-order valence-electron chi connectivity index (χ1n) is 7.20. The van der Waals surface area contributed by atoms with Crippen molar-refractivity contribution in [1.82, 2.24) is 15.2 Å². The van der Waals surface area contributed by atoms with E-state index in [2.05, 4.69) is 10.3 Å². The summed E-state index contributed by atoms with van der Waals surface area (Å²) >= 11 is 1.59. The number of aromatic nitrogens is 1. The summed E-state index contributed by atoms with van der Waals surface area (Å²) in [6.45, 7) is 1.34. The Bertz CT molecular complexity index is 485. The lowest BCUT2D eigenvalue weighted by molar-refractivity contribution is -0.128. The van der Waals surface area contributed by atoms with E-state index in [9.17, 15) is 9.59 Å². The van der Waals surface area contributed by atoms with E-state index in [1.165, 1.54) is 0 Å². The number of likely N-dealkylation sites (tertiary alicyclic amines) is 1. The molecular formula is C14H19N3O2S. The highest BCUT2D eigenvalue weighted by Crippen LogP contribution is 2.41. The summed E-state index contributed by atoms with van der Waals surface area (Å²) in [4.78, 5) is 29.7. The Morgan fingerprint density at radius 3 is 3.00 bits per heavy atom. The number of nitrogens with zero attached hydrogens (tertiary/aromatic N) is 2. The van der Waals surface area contributed by atoms with Crippen molar-refractivity contribution in [3.05, 3.63) is 16.6 Å². The topological polar surface area (TPSA) is 62.3 Å². The molecule has 6 heteroatoms. The highest BCUT2D eigenvalue weighted by atomic mass is 32.1. The molecule has 1 aliphatic heterocycles. The molecule has 1 aromatic rings. The lowest BCUT2D eigenvalue weighted by Gasteiger charge is -2.18. The summed E-state index contributed by atoms with van der Waals surface area (Å²) in [6.07, 6.45) is 6.05. The van der Waals surface area contributed by atoms with E-state index in [4.69, 9.17) is 0 Å². The van der Waals surface area contributed by atoms with Crippen LogP contribution in [0, 0.1) is 5.92 Å². The second-order valence-corrected chi connectivity index (χ2v) is 6.41. The molecule has 0 bridgehead atoms. The maximum absolute atomic E-state index is 12.1. The zero-order valence-electron chi connectivity index (χ0n) is 11.4. The molecule has 2 amide bonds. The normalized spacial score (nSPS) is 20.2. The smallest absolute Gasteiger partial charge is 0.222 e. The van der Waals surface area contributed by atoms with Crippen LogP contribution in [0.4, 0.5) is 0 Å². The van der Waals surface area contributed by atoms with Gasteiger partial charge in [0.2, 0.25) is 11.8 Å². The van der Waals surface area contributed by atoms with Gasteiger partial charge < -0.3 is 10.2 Å². The molecule has 2 heterocycles. The van der Waals surface area contributed by atoms with Gasteiger partial charge in [-0.15, -0.1) is 11.3 Å². The summed E-state index contributed by atoms with van der Waals surface area (Å²) < 4.78 is 0. The van der Waals surface area contributed by atoms with E-state index in [-0.39, 0.29) is 17.9 Å². The van der Waals surface area contributed by atoms with E-state index in [1.807, 2.05) is 5.38 Å². The molecule has 1 aliphatic carbocycles. The molecule has 0 radical (unpaired) electrons. The van der Waals surface area contributed by atoms with Gasteiger partial charge in [-0.2, -0.15) is 0 Å². The van der Waals surface area contributed by atoms with Crippen LogP contribution in [-0.2, 0) is 9.59 Å². The Labute approximate surface area is 122 Å². The molecule has 1 unspecified atom stereocenters. The Balaban J connectivity index is 1.51. The molecule has 1 N–H and O–H groups in total. The molecule has 0 spiro atoms. The fraction of sp³-hybridized carbons (Fsp3) is 0.643. The van der Waals surface area contributed by atoms with Gasteiger partial charge in [-0.05, 0) is 25.2 Å². The highest BCUT2D eigenvalue weighted by Gasteiger charge is 2.35. The lowest BCUT2D eigenvalue weighted by atomic mass is 10.2. The van der Waals surface area contributed by atoms with Crippen molar-refractivity contribution in [3.63, 3.8) is 0 Å². The van der Waals surface area contributed by atoms with Gasteiger partial charge in [0, 0.05) is 37.5 Å². The van der Waals surface area contributed by atoms with E-state index >= 15 is 0 Å². The van der Waals surface area contributed by atoms with E-state index in [0.29, 0.717) is 25.3 Å². The lowest BCUT2D eigenvalue weighted by Crippen LogP contribution is -2.34. The quantitative estimate of drug-likeness (QED) is 0.868. The minimum atomic E-state index is 0.0248. The van der Waals surface area contributed by atoms with E-state index in [1.54, 1.807) is 22.4 Å². The molecule has 1 atom stereocenters. The zero-order chi connectivity index (χ0) is 13.9. The van der Waals surface area contributed by atoms with Gasteiger partial charge in [0.15, 0.2) is 0 Å². The summed E-state index contributed by atoms with van der Waals surface area (Å²) in [5, 5.41) is 6.03. The largest absolute Gasteiger partial charge is 0.347 e. The number of carbonyl (C=O) groups excluding carboxylic acids is 2. The highest BCUT2D eigenvalue weighted by molar-refractivity contribution is 7.09. The van der Waals surface area contributed by atoms with Gasteiger partial charge in [0.05, 0.1) is 6.04 Å². The number of thiazole rings is 1. The maximum Gasteiger partial charge on any atom is 0.222 e. The molecule has 20 heavy (non-hydrogen) atoms. The molecule has 1 saturated carbocycles. The summed E-state index contributed by atoms with van der Waals surface area (Å²) in [7, 11) is 0. The fourth-order valence-electron chi connectivity index (χ4n) is 2.62. The number of nitrogens with one attached hydrogen (secondary N) is 1. The van der Waals surface area contributed by atoms with Gasteiger partial charge >= 0.3 is 0 Å². The standard InChI is InChI=1S/C14H19N3O2S/c18-11(5-8-17-7-1-2-12(17)19)16-13(10-3-4-10)14-15-6-9-20-14/h6,9-10,13H,1-5,7-8H2,(H,16,18). The maximum atomic E-state index is 12.1. The molecule has 0 aromatic carbocycles. The minimum absolute atomic E-state index is 0.0248. The Morgan fingerprint density at radius 2 is 2.40 bits per heavy atom. The van der Waals surface area contributed by atoms with Gasteiger partial charge in [0.25, 0.3) is 0 Å². The van der Waals surface area contributed by atoms with Gasteiger partial charge in [-0.25, -0.2) is 4.98 Å². The Hall–Kier alpha value is -1.43. The van der Waals surface area contributed by atoms with Crippen LogP contribution >= 0.6 is 11.3 Å². The third kappa shape index (κ3) is 3.17. The first-order valence-corrected chi connectivity index (χ1v) is 8.08. The number of carbonyl (C=O) groups is 2. The third-order valence-electron chi connectivity index (χ3n) is 3.91. The summed E-state index contributed by atoms with van der Waals surface area (Å²) in [6, 6.07) is 0.0665. The Morgan fingerprint density at radius 1 is 1.55 bits per heavy atom. The van der Waals surface area contributed by atoms with Crippen molar-refractivity contribution >= 4 is 23.2 Å². The van der Waals surface area contributed by atoms with Crippen molar-refractivity contribution in [1.29, 1.82) is 0 Å². The van der Waals surface area contributed by atoms with E-state index < -0.39 is 0 Å². The molecule has 5 nitrogen and oxygen atoms in total. The van der Waals surface area contributed by atoms with Gasteiger partial charge in [0.1, 0.15) is 5.01 Å². The van der Waals surface area contributed by atoms with Gasteiger partial charge in [-0.1, -0.05) is 0 Å². The SMILES string of the molecule is O=C(CCN1CCCC1=O)NC(c1nccs1)C1CC1. The molecule has 3 rings (SSSR count). The number of hydrogen-bond donors (Lipinski definition) is 1. The number of rotatable bonds is 6. The summed E-state index contributed by atoms with van der Waals surface area (Å²) in [5.74, 6) is 0.742. The van der Waals surface area contributed by atoms with Crippen LogP contribution in [0.2, 0.25) is 0 Å². The van der Waals surface area contributed by atoms with Crippen molar-refractivity contribution in [3.8, 4) is 0 Å². The van der Waals surface area contributed by atoms with Crippen LogP contribution in [-0.4, -0.2) is 34.8 Å². The van der Waals surface area contributed by atoms with Crippen molar-refractivity contribution in [2.24, 2.45) is 5.92 Å². The van der Waals surface area contributed by atoms with Crippen LogP contribution in [0.15, 0.2) is 11.6 Å².